The molecule has 0 aromatic carbocycles. The lowest BCUT2D eigenvalue weighted by Gasteiger charge is -2.03. The normalized spacial score (nSPS) is 24.4. The Balaban J connectivity index is 2.31. The summed E-state index contributed by atoms with van der Waals surface area (Å²) >= 11 is 1.42. The van der Waals surface area contributed by atoms with Crippen molar-refractivity contribution in [2.75, 3.05) is 5.75 Å². The van der Waals surface area contributed by atoms with Crippen molar-refractivity contribution in [1.29, 1.82) is 0 Å². The summed E-state index contributed by atoms with van der Waals surface area (Å²) in [6.07, 6.45) is 0.233. The quantitative estimate of drug-likeness (QED) is 0.547. The van der Waals surface area contributed by atoms with Gasteiger partial charge in [0.1, 0.15) is 0 Å². The SMILES string of the molecule is NC(=O)CC1NC(=O)CS1. The van der Waals surface area contributed by atoms with E-state index in [-0.39, 0.29) is 23.6 Å². The Hall–Kier alpha value is -0.710. The van der Waals surface area contributed by atoms with Crippen molar-refractivity contribution in [3.05, 3.63) is 0 Å². The van der Waals surface area contributed by atoms with E-state index in [4.69, 9.17) is 5.73 Å². The minimum atomic E-state index is -0.375. The zero-order valence-electron chi connectivity index (χ0n) is 5.29. The molecule has 0 aliphatic carbocycles. The Bertz CT molecular complexity index is 171. The van der Waals surface area contributed by atoms with Crippen LogP contribution in [0, 0.1) is 0 Å². The second-order valence-corrected chi connectivity index (χ2v) is 3.23. The van der Waals surface area contributed by atoms with Gasteiger partial charge in [0.25, 0.3) is 0 Å². The molecule has 1 unspecified atom stereocenters. The minimum absolute atomic E-state index is 0.0174. The fourth-order valence-corrected chi connectivity index (χ4v) is 1.66. The first-order valence-electron chi connectivity index (χ1n) is 2.88. The van der Waals surface area contributed by atoms with Gasteiger partial charge in [0.2, 0.25) is 11.8 Å². The van der Waals surface area contributed by atoms with E-state index < -0.39 is 0 Å². The molecule has 1 aliphatic rings. The molecule has 1 saturated heterocycles. The molecule has 0 spiro atoms. The van der Waals surface area contributed by atoms with Crippen molar-refractivity contribution in [1.82, 2.24) is 5.32 Å². The molecule has 1 heterocycles. The first kappa shape index (κ1) is 7.40. The highest BCUT2D eigenvalue weighted by molar-refractivity contribution is 8.01. The fourth-order valence-electron chi connectivity index (χ4n) is 0.732. The van der Waals surface area contributed by atoms with Crippen molar-refractivity contribution >= 4 is 23.6 Å². The van der Waals surface area contributed by atoms with Crippen LogP contribution in [0.4, 0.5) is 0 Å². The van der Waals surface area contributed by atoms with E-state index in [9.17, 15) is 9.59 Å². The molecular weight excluding hydrogens is 152 g/mol. The van der Waals surface area contributed by atoms with Crippen molar-refractivity contribution in [3.8, 4) is 0 Å². The molecule has 1 aliphatic heterocycles. The predicted molar refractivity (Wildman–Crippen MR) is 38.2 cm³/mol. The van der Waals surface area contributed by atoms with Crippen molar-refractivity contribution in [3.63, 3.8) is 0 Å². The molecule has 10 heavy (non-hydrogen) atoms. The van der Waals surface area contributed by atoms with Crippen LogP contribution >= 0.6 is 11.8 Å². The van der Waals surface area contributed by atoms with Gasteiger partial charge in [-0.3, -0.25) is 9.59 Å². The molecule has 5 heteroatoms. The van der Waals surface area contributed by atoms with Gasteiger partial charge in [-0.25, -0.2) is 0 Å². The second-order valence-electron chi connectivity index (χ2n) is 2.04. The highest BCUT2D eigenvalue weighted by Gasteiger charge is 2.22. The van der Waals surface area contributed by atoms with E-state index in [1.165, 1.54) is 11.8 Å². The summed E-state index contributed by atoms with van der Waals surface area (Å²) in [5.41, 5.74) is 4.91. The number of thioether (sulfide) groups is 1. The Morgan fingerprint density at radius 3 is 3.00 bits per heavy atom. The lowest BCUT2D eigenvalue weighted by Crippen LogP contribution is -2.29. The summed E-state index contributed by atoms with van der Waals surface area (Å²) in [5, 5.41) is 2.52. The van der Waals surface area contributed by atoms with Gasteiger partial charge in [-0.2, -0.15) is 0 Å². The van der Waals surface area contributed by atoms with Gasteiger partial charge in [0.15, 0.2) is 0 Å². The third-order valence-electron chi connectivity index (χ3n) is 1.12. The number of carbonyl (C=O) groups is 2. The average Bonchev–Trinajstić information content (AvgIpc) is 2.13. The van der Waals surface area contributed by atoms with Gasteiger partial charge in [-0.15, -0.1) is 11.8 Å². The van der Waals surface area contributed by atoms with E-state index in [2.05, 4.69) is 5.32 Å². The number of nitrogens with one attached hydrogen (secondary N) is 1. The zero-order valence-corrected chi connectivity index (χ0v) is 6.11. The van der Waals surface area contributed by atoms with Gasteiger partial charge in [0.05, 0.1) is 17.5 Å². The summed E-state index contributed by atoms with van der Waals surface area (Å²) in [6.45, 7) is 0. The van der Waals surface area contributed by atoms with Gasteiger partial charge in [-0.1, -0.05) is 0 Å². The van der Waals surface area contributed by atoms with Crippen LogP contribution in [-0.2, 0) is 9.59 Å². The third-order valence-corrected chi connectivity index (χ3v) is 2.24. The Morgan fingerprint density at radius 1 is 1.90 bits per heavy atom. The van der Waals surface area contributed by atoms with Gasteiger partial charge in [0, 0.05) is 0 Å². The van der Waals surface area contributed by atoms with Crippen LogP contribution in [0.1, 0.15) is 6.42 Å². The van der Waals surface area contributed by atoms with E-state index in [1.54, 1.807) is 0 Å². The summed E-state index contributed by atoms with van der Waals surface area (Å²) in [7, 11) is 0. The molecular formula is C5H8N2O2S. The topological polar surface area (TPSA) is 72.2 Å². The predicted octanol–water partition coefficient (Wildman–Crippen LogP) is -0.949. The molecule has 3 N–H and O–H groups in total. The lowest BCUT2D eigenvalue weighted by molar-refractivity contribution is -0.119. The molecule has 0 saturated carbocycles. The van der Waals surface area contributed by atoms with E-state index in [1.807, 2.05) is 0 Å². The Labute approximate surface area is 62.5 Å². The first-order chi connectivity index (χ1) is 4.68. The van der Waals surface area contributed by atoms with E-state index in [0.29, 0.717) is 5.75 Å². The van der Waals surface area contributed by atoms with Crippen LogP contribution in [0.5, 0.6) is 0 Å². The largest absolute Gasteiger partial charge is 0.370 e. The highest BCUT2D eigenvalue weighted by atomic mass is 32.2. The summed E-state index contributed by atoms with van der Waals surface area (Å²) in [5.74, 6) is 0.0498. The van der Waals surface area contributed by atoms with Crippen LogP contribution in [0.3, 0.4) is 0 Å². The number of nitrogens with two attached hydrogens (primary N) is 1. The van der Waals surface area contributed by atoms with Crippen LogP contribution in [0.2, 0.25) is 0 Å². The molecule has 1 atom stereocenters. The molecule has 0 radical (unpaired) electrons. The smallest absolute Gasteiger partial charge is 0.230 e. The van der Waals surface area contributed by atoms with Gasteiger partial charge >= 0.3 is 0 Å². The number of rotatable bonds is 2. The maximum absolute atomic E-state index is 10.6. The van der Waals surface area contributed by atoms with Gasteiger partial charge < -0.3 is 11.1 Å². The number of hydrogen-bond donors (Lipinski definition) is 2. The monoisotopic (exact) mass is 160 g/mol. The van der Waals surface area contributed by atoms with Crippen molar-refractivity contribution in [2.45, 2.75) is 11.8 Å². The molecule has 1 rings (SSSR count). The van der Waals surface area contributed by atoms with Gasteiger partial charge in [-0.05, 0) is 0 Å². The van der Waals surface area contributed by atoms with Crippen LogP contribution in [0.15, 0.2) is 0 Å². The molecule has 56 valence electrons. The standard InChI is InChI=1S/C5H8N2O2S/c6-3(8)1-5-7-4(9)2-10-5/h5H,1-2H2,(H2,6,8)(H,7,9). The van der Waals surface area contributed by atoms with Crippen LogP contribution in [-0.4, -0.2) is 22.9 Å². The molecule has 0 bridgehead atoms. The number of amides is 2. The van der Waals surface area contributed by atoms with Crippen LogP contribution in [0.25, 0.3) is 0 Å². The lowest BCUT2D eigenvalue weighted by atomic mass is 10.4. The first-order valence-corrected chi connectivity index (χ1v) is 3.92. The highest BCUT2D eigenvalue weighted by Crippen LogP contribution is 2.16. The number of hydrogen-bond acceptors (Lipinski definition) is 3. The van der Waals surface area contributed by atoms with E-state index >= 15 is 0 Å². The maximum Gasteiger partial charge on any atom is 0.230 e. The summed E-state index contributed by atoms with van der Waals surface area (Å²) in [6, 6.07) is 0. The number of carbonyl (C=O) groups excluding carboxylic acids is 2. The summed E-state index contributed by atoms with van der Waals surface area (Å²) < 4.78 is 0. The molecule has 4 nitrogen and oxygen atoms in total. The number of primary amides is 1. The van der Waals surface area contributed by atoms with Crippen LogP contribution < -0.4 is 11.1 Å². The van der Waals surface area contributed by atoms with Crippen molar-refractivity contribution < 1.29 is 9.59 Å². The zero-order chi connectivity index (χ0) is 7.56. The average molecular weight is 160 g/mol. The fraction of sp³-hybridized carbons (Fsp3) is 0.600. The minimum Gasteiger partial charge on any atom is -0.370 e. The molecule has 1 fully saturated rings. The molecule has 0 aromatic heterocycles. The van der Waals surface area contributed by atoms with E-state index in [0.717, 1.165) is 0 Å². The molecule has 2 amide bonds. The second kappa shape index (κ2) is 2.92. The van der Waals surface area contributed by atoms with Crippen molar-refractivity contribution in [2.24, 2.45) is 5.73 Å². The Kier molecular flexibility index (Phi) is 2.16. The molecule has 0 aromatic rings. The third kappa shape index (κ3) is 1.91. The maximum atomic E-state index is 10.6. The summed E-state index contributed by atoms with van der Waals surface area (Å²) in [4.78, 5) is 20.9. The Morgan fingerprint density at radius 2 is 2.60 bits per heavy atom.